The number of ketones is 1. The van der Waals surface area contributed by atoms with Crippen molar-refractivity contribution in [1.82, 2.24) is 0 Å². The summed E-state index contributed by atoms with van der Waals surface area (Å²) in [6.07, 6.45) is 2.20. The Morgan fingerprint density at radius 1 is 0.935 bits per heavy atom. The van der Waals surface area contributed by atoms with Crippen LogP contribution in [0.3, 0.4) is 0 Å². The molecule has 3 aromatic carbocycles. The van der Waals surface area contributed by atoms with E-state index < -0.39 is 0 Å². The van der Waals surface area contributed by atoms with Crippen LogP contribution in [0.15, 0.2) is 77.8 Å². The van der Waals surface area contributed by atoms with Crippen LogP contribution in [0.4, 0.5) is 5.69 Å². The lowest BCUT2D eigenvalue weighted by Crippen LogP contribution is -2.14. The van der Waals surface area contributed by atoms with Gasteiger partial charge in [-0.15, -0.1) is 11.3 Å². The Morgan fingerprint density at radius 3 is 2.58 bits per heavy atom. The fourth-order valence-electron chi connectivity index (χ4n) is 3.85. The van der Waals surface area contributed by atoms with Gasteiger partial charge in [-0.1, -0.05) is 48.5 Å². The van der Waals surface area contributed by atoms with Gasteiger partial charge in [0, 0.05) is 45.4 Å². The summed E-state index contributed by atoms with van der Waals surface area (Å²) in [5, 5.41) is 4.19. The SMILES string of the molecule is O=C(CCC(=O)c1ccccc1)Nc1cc2c(c(-c3cc4ccccc4s3)c1)CN=C2. The number of nitrogens with one attached hydrogen (secondary N) is 1. The monoisotopic (exact) mass is 424 g/mol. The van der Waals surface area contributed by atoms with E-state index in [1.807, 2.05) is 48.7 Å². The van der Waals surface area contributed by atoms with Gasteiger partial charge in [-0.3, -0.25) is 14.6 Å². The number of aliphatic imine (C=N–C) groups is 1. The molecule has 1 aromatic heterocycles. The summed E-state index contributed by atoms with van der Waals surface area (Å²) in [6.45, 7) is 0.652. The maximum absolute atomic E-state index is 12.5. The molecule has 152 valence electrons. The third kappa shape index (κ3) is 4.05. The van der Waals surface area contributed by atoms with Gasteiger partial charge in [0.2, 0.25) is 5.91 Å². The first kappa shape index (κ1) is 19.4. The molecule has 1 N–H and O–H groups in total. The Kier molecular flexibility index (Phi) is 5.18. The van der Waals surface area contributed by atoms with Crippen LogP contribution in [0.25, 0.3) is 20.5 Å². The largest absolute Gasteiger partial charge is 0.326 e. The van der Waals surface area contributed by atoms with Gasteiger partial charge in [-0.2, -0.15) is 0 Å². The van der Waals surface area contributed by atoms with E-state index in [1.54, 1.807) is 23.5 Å². The van der Waals surface area contributed by atoms with E-state index in [9.17, 15) is 9.59 Å². The molecule has 4 aromatic rings. The zero-order valence-electron chi connectivity index (χ0n) is 16.8. The van der Waals surface area contributed by atoms with E-state index >= 15 is 0 Å². The van der Waals surface area contributed by atoms with Crippen molar-refractivity contribution in [2.45, 2.75) is 19.4 Å². The van der Waals surface area contributed by atoms with Gasteiger partial charge < -0.3 is 5.32 Å². The second kappa shape index (κ2) is 8.28. The molecule has 0 atom stereocenters. The molecule has 2 heterocycles. The molecule has 5 rings (SSSR count). The van der Waals surface area contributed by atoms with E-state index in [4.69, 9.17) is 0 Å². The van der Waals surface area contributed by atoms with E-state index in [2.05, 4.69) is 28.5 Å². The fourth-order valence-corrected chi connectivity index (χ4v) is 4.95. The average molecular weight is 425 g/mol. The smallest absolute Gasteiger partial charge is 0.224 e. The molecule has 0 saturated carbocycles. The molecule has 1 aliphatic rings. The van der Waals surface area contributed by atoms with Gasteiger partial charge in [0.25, 0.3) is 0 Å². The Balaban J connectivity index is 1.36. The maximum atomic E-state index is 12.5. The van der Waals surface area contributed by atoms with Crippen LogP contribution in [0, 0.1) is 0 Å². The van der Waals surface area contributed by atoms with Crippen LogP contribution in [0.5, 0.6) is 0 Å². The number of carbonyl (C=O) groups is 2. The highest BCUT2D eigenvalue weighted by molar-refractivity contribution is 7.22. The Morgan fingerprint density at radius 2 is 1.74 bits per heavy atom. The molecule has 0 radical (unpaired) electrons. The third-order valence-corrected chi connectivity index (χ3v) is 6.56. The molecular formula is C26H20N2O2S. The molecule has 1 amide bonds. The highest BCUT2D eigenvalue weighted by Gasteiger charge is 2.18. The third-order valence-electron chi connectivity index (χ3n) is 5.41. The van der Waals surface area contributed by atoms with Crippen LogP contribution in [0.2, 0.25) is 0 Å². The molecule has 0 bridgehead atoms. The van der Waals surface area contributed by atoms with Crippen LogP contribution in [-0.4, -0.2) is 17.9 Å². The summed E-state index contributed by atoms with van der Waals surface area (Å²) in [4.78, 5) is 30.4. The number of carbonyl (C=O) groups excluding carboxylic acids is 2. The van der Waals surface area contributed by atoms with Crippen molar-refractivity contribution in [2.75, 3.05) is 5.32 Å². The van der Waals surface area contributed by atoms with E-state index in [0.29, 0.717) is 12.1 Å². The Labute approximate surface area is 184 Å². The van der Waals surface area contributed by atoms with Crippen LogP contribution < -0.4 is 5.32 Å². The number of anilines is 1. The molecule has 4 nitrogen and oxygen atoms in total. The fraction of sp³-hybridized carbons (Fsp3) is 0.115. The molecule has 1 aliphatic heterocycles. The van der Waals surface area contributed by atoms with E-state index in [0.717, 1.165) is 16.8 Å². The lowest BCUT2D eigenvalue weighted by Gasteiger charge is -2.11. The number of rotatable bonds is 6. The Hall–Kier alpha value is -3.57. The normalized spacial score (nSPS) is 12.1. The van der Waals surface area contributed by atoms with Crippen molar-refractivity contribution >= 4 is 45.0 Å². The molecule has 0 saturated heterocycles. The number of benzene rings is 3. The topological polar surface area (TPSA) is 58.5 Å². The number of fused-ring (bicyclic) bond motifs is 2. The minimum atomic E-state index is -0.165. The molecule has 5 heteroatoms. The first-order valence-corrected chi connectivity index (χ1v) is 11.0. The lowest BCUT2D eigenvalue weighted by atomic mass is 10.00. The molecule has 0 unspecified atom stereocenters. The van der Waals surface area contributed by atoms with Gasteiger partial charge in [-0.05, 0) is 40.8 Å². The van der Waals surface area contributed by atoms with Gasteiger partial charge >= 0.3 is 0 Å². The highest BCUT2D eigenvalue weighted by Crippen LogP contribution is 2.39. The standard InChI is InChI=1S/C26H20N2O2S/c29-23(17-6-2-1-3-7-17)10-11-26(30)28-20-12-19-15-27-16-22(19)21(14-20)25-13-18-8-4-5-9-24(18)31-25/h1-9,12-15H,10-11,16H2,(H,28,30). The maximum Gasteiger partial charge on any atom is 0.224 e. The van der Waals surface area contributed by atoms with Gasteiger partial charge in [-0.25, -0.2) is 0 Å². The molecular weight excluding hydrogens is 404 g/mol. The molecule has 0 fully saturated rings. The quantitative estimate of drug-likeness (QED) is 0.380. The highest BCUT2D eigenvalue weighted by atomic mass is 32.1. The van der Waals surface area contributed by atoms with Crippen molar-refractivity contribution in [2.24, 2.45) is 4.99 Å². The summed E-state index contributed by atoms with van der Waals surface area (Å²) in [5.74, 6) is -0.191. The summed E-state index contributed by atoms with van der Waals surface area (Å²) in [5.41, 5.74) is 4.69. The summed E-state index contributed by atoms with van der Waals surface area (Å²) >= 11 is 1.74. The zero-order chi connectivity index (χ0) is 21.2. The predicted molar refractivity (Wildman–Crippen MR) is 127 cm³/mol. The van der Waals surface area contributed by atoms with Crippen molar-refractivity contribution in [3.63, 3.8) is 0 Å². The minimum absolute atomic E-state index is 0.0252. The first-order chi connectivity index (χ1) is 15.2. The molecule has 0 spiro atoms. The second-order valence-electron chi connectivity index (χ2n) is 7.55. The van der Waals surface area contributed by atoms with Crippen molar-refractivity contribution in [1.29, 1.82) is 0 Å². The van der Waals surface area contributed by atoms with Gasteiger partial charge in [0.05, 0.1) is 6.54 Å². The lowest BCUT2D eigenvalue weighted by molar-refractivity contribution is -0.116. The second-order valence-corrected chi connectivity index (χ2v) is 8.63. The van der Waals surface area contributed by atoms with Crippen LogP contribution >= 0.6 is 11.3 Å². The Bertz CT molecular complexity index is 1290. The molecule has 31 heavy (non-hydrogen) atoms. The number of thiophene rings is 1. The first-order valence-electron chi connectivity index (χ1n) is 10.2. The van der Waals surface area contributed by atoms with Crippen molar-refractivity contribution in [3.8, 4) is 10.4 Å². The molecule has 0 aliphatic carbocycles. The average Bonchev–Trinajstić information content (AvgIpc) is 3.44. The van der Waals surface area contributed by atoms with Crippen molar-refractivity contribution < 1.29 is 9.59 Å². The summed E-state index contributed by atoms with van der Waals surface area (Å²) < 4.78 is 1.24. The van der Waals surface area contributed by atoms with Crippen LogP contribution in [0.1, 0.15) is 34.3 Å². The number of Topliss-reactive ketones (excluding diaryl/α,β-unsaturated/α-hetero) is 1. The summed E-state index contributed by atoms with van der Waals surface area (Å²) in [6, 6.07) is 23.6. The zero-order valence-corrected chi connectivity index (χ0v) is 17.6. The van der Waals surface area contributed by atoms with E-state index in [1.165, 1.54) is 20.5 Å². The number of hydrogen-bond donors (Lipinski definition) is 1. The number of nitrogens with zero attached hydrogens (tertiary/aromatic N) is 1. The number of amides is 1. The van der Waals surface area contributed by atoms with Crippen molar-refractivity contribution in [3.05, 3.63) is 89.5 Å². The van der Waals surface area contributed by atoms with Crippen LogP contribution in [-0.2, 0) is 11.3 Å². The summed E-state index contributed by atoms with van der Waals surface area (Å²) in [7, 11) is 0. The predicted octanol–water partition coefficient (Wildman–Crippen LogP) is 6.10. The number of hydrogen-bond acceptors (Lipinski definition) is 4. The van der Waals surface area contributed by atoms with E-state index in [-0.39, 0.29) is 24.5 Å². The van der Waals surface area contributed by atoms with Gasteiger partial charge in [0.1, 0.15) is 0 Å². The van der Waals surface area contributed by atoms with Gasteiger partial charge in [0.15, 0.2) is 5.78 Å². The minimum Gasteiger partial charge on any atom is -0.326 e.